The lowest BCUT2D eigenvalue weighted by Gasteiger charge is -2.31. The fraction of sp³-hybridized carbons (Fsp3) is 0.310. The molecule has 2 aromatic heterocycles. The zero-order chi connectivity index (χ0) is 26.7. The molecule has 39 heavy (non-hydrogen) atoms. The third kappa shape index (κ3) is 4.40. The summed E-state index contributed by atoms with van der Waals surface area (Å²) in [6.45, 7) is 0.00378. The zero-order valence-electron chi connectivity index (χ0n) is 21.3. The molecule has 0 bridgehead atoms. The van der Waals surface area contributed by atoms with Gasteiger partial charge in [-0.2, -0.15) is 15.0 Å². The fourth-order valence-corrected chi connectivity index (χ4v) is 5.46. The van der Waals surface area contributed by atoms with Crippen LogP contribution in [0.5, 0.6) is 0 Å². The van der Waals surface area contributed by atoms with Crippen LogP contribution in [0.1, 0.15) is 64.7 Å². The average Bonchev–Trinajstić information content (AvgIpc) is 3.86. The number of aliphatic hydroxyl groups excluding tert-OH is 1. The van der Waals surface area contributed by atoms with Crippen LogP contribution in [0.15, 0.2) is 48.8 Å². The van der Waals surface area contributed by atoms with E-state index in [4.69, 9.17) is 5.73 Å². The Labute approximate surface area is 224 Å². The number of nitrogen functional groups attached to an aromatic ring is 1. The summed E-state index contributed by atoms with van der Waals surface area (Å²) in [4.78, 5) is 28.2. The van der Waals surface area contributed by atoms with E-state index in [1.807, 2.05) is 24.5 Å². The summed E-state index contributed by atoms with van der Waals surface area (Å²) in [5.41, 5.74) is 10.2. The first-order chi connectivity index (χ1) is 19.0. The Hall–Kier alpha value is -4.31. The van der Waals surface area contributed by atoms with Crippen molar-refractivity contribution in [2.75, 3.05) is 22.5 Å². The van der Waals surface area contributed by atoms with Crippen LogP contribution in [0.2, 0.25) is 0 Å². The second-order valence-corrected chi connectivity index (χ2v) is 10.5. The Kier molecular flexibility index (Phi) is 5.59. The van der Waals surface area contributed by atoms with E-state index >= 15 is 4.39 Å². The summed E-state index contributed by atoms with van der Waals surface area (Å²) in [6.07, 6.45) is 9.04. The predicted molar refractivity (Wildman–Crippen MR) is 145 cm³/mol. The molecule has 0 radical (unpaired) electrons. The highest BCUT2D eigenvalue weighted by atomic mass is 19.1. The lowest BCUT2D eigenvalue weighted by atomic mass is 9.93. The molecule has 3 heterocycles. The molecule has 198 valence electrons. The quantitative estimate of drug-likeness (QED) is 0.319. The number of carbonyl (C=O) groups excluding carboxylic acids is 1. The van der Waals surface area contributed by atoms with Crippen molar-refractivity contribution in [1.29, 1.82) is 0 Å². The van der Waals surface area contributed by atoms with Gasteiger partial charge in [-0.25, -0.2) is 4.39 Å². The zero-order valence-corrected chi connectivity index (χ0v) is 21.3. The number of amides is 1. The SMILES string of the molecule is Nc1nc(Nc2ccn(C3CC3)c2)nc(-c2cccc(N3CCc4cc(C5CC5)cc(F)c4C3=O)c2CO)n1. The lowest BCUT2D eigenvalue weighted by molar-refractivity contribution is 0.0976. The van der Waals surface area contributed by atoms with E-state index in [1.165, 1.54) is 23.8 Å². The molecule has 2 saturated carbocycles. The molecule has 1 aliphatic heterocycles. The van der Waals surface area contributed by atoms with Crippen molar-refractivity contribution < 1.29 is 14.3 Å². The topological polar surface area (TPSA) is 122 Å². The largest absolute Gasteiger partial charge is 0.392 e. The number of halogens is 1. The Morgan fingerprint density at radius 3 is 2.72 bits per heavy atom. The van der Waals surface area contributed by atoms with Gasteiger partial charge in [0.15, 0.2) is 5.82 Å². The van der Waals surface area contributed by atoms with Gasteiger partial charge in [0.2, 0.25) is 11.9 Å². The van der Waals surface area contributed by atoms with E-state index < -0.39 is 11.7 Å². The maximum atomic E-state index is 15.2. The number of hydrogen-bond donors (Lipinski definition) is 3. The second kappa shape index (κ2) is 9.16. The lowest BCUT2D eigenvalue weighted by Crippen LogP contribution is -2.39. The molecule has 2 aromatic carbocycles. The van der Waals surface area contributed by atoms with Gasteiger partial charge in [-0.3, -0.25) is 4.79 Å². The average molecular weight is 526 g/mol. The van der Waals surface area contributed by atoms with E-state index in [0.29, 0.717) is 41.7 Å². The Morgan fingerprint density at radius 2 is 1.95 bits per heavy atom. The molecule has 2 aliphatic carbocycles. The monoisotopic (exact) mass is 525 g/mol. The summed E-state index contributed by atoms with van der Waals surface area (Å²) >= 11 is 0. The molecular weight excluding hydrogens is 497 g/mol. The smallest absolute Gasteiger partial charge is 0.261 e. The number of nitrogens with zero attached hydrogens (tertiary/aromatic N) is 5. The molecule has 0 saturated heterocycles. The number of aliphatic hydroxyl groups is 1. The molecule has 4 N–H and O–H groups in total. The third-order valence-electron chi connectivity index (χ3n) is 7.74. The van der Waals surface area contributed by atoms with Crippen LogP contribution in [-0.2, 0) is 13.0 Å². The Morgan fingerprint density at radius 1 is 1.10 bits per heavy atom. The van der Waals surface area contributed by atoms with E-state index in [9.17, 15) is 9.90 Å². The number of hydrogen-bond acceptors (Lipinski definition) is 7. The number of benzene rings is 2. The van der Waals surface area contributed by atoms with Crippen molar-refractivity contribution in [3.05, 3.63) is 76.9 Å². The molecule has 1 amide bonds. The van der Waals surface area contributed by atoms with E-state index in [0.717, 1.165) is 29.7 Å². The Bertz CT molecular complexity index is 1610. The van der Waals surface area contributed by atoms with Crippen molar-refractivity contribution in [2.45, 2.75) is 50.7 Å². The van der Waals surface area contributed by atoms with E-state index in [2.05, 4.69) is 24.8 Å². The van der Waals surface area contributed by atoms with Crippen molar-refractivity contribution in [3.8, 4) is 11.4 Å². The maximum absolute atomic E-state index is 15.2. The maximum Gasteiger partial charge on any atom is 0.261 e. The predicted octanol–water partition coefficient (Wildman–Crippen LogP) is 4.71. The molecule has 2 fully saturated rings. The van der Waals surface area contributed by atoms with Crippen molar-refractivity contribution in [2.24, 2.45) is 0 Å². The van der Waals surface area contributed by atoms with Gasteiger partial charge in [0.05, 0.1) is 23.5 Å². The summed E-state index contributed by atoms with van der Waals surface area (Å²) in [7, 11) is 0. The summed E-state index contributed by atoms with van der Waals surface area (Å²) in [5, 5.41) is 13.6. The van der Waals surface area contributed by atoms with Gasteiger partial charge >= 0.3 is 0 Å². The number of rotatable bonds is 7. The highest BCUT2D eigenvalue weighted by Crippen LogP contribution is 2.42. The van der Waals surface area contributed by atoms with Gasteiger partial charge in [0.25, 0.3) is 5.91 Å². The van der Waals surface area contributed by atoms with Crippen molar-refractivity contribution in [1.82, 2.24) is 19.5 Å². The first-order valence-corrected chi connectivity index (χ1v) is 13.3. The third-order valence-corrected chi connectivity index (χ3v) is 7.74. The number of aromatic nitrogens is 4. The van der Waals surface area contributed by atoms with Crippen LogP contribution in [0.3, 0.4) is 0 Å². The molecule has 0 atom stereocenters. The minimum atomic E-state index is -0.484. The fourth-order valence-electron chi connectivity index (χ4n) is 5.46. The highest BCUT2D eigenvalue weighted by molar-refractivity contribution is 6.09. The number of nitrogens with one attached hydrogen (secondary N) is 1. The van der Waals surface area contributed by atoms with Gasteiger partial charge in [0.1, 0.15) is 5.82 Å². The number of fused-ring (bicyclic) bond motifs is 1. The molecule has 7 rings (SSSR count). The first-order valence-electron chi connectivity index (χ1n) is 13.3. The molecule has 0 spiro atoms. The van der Waals surface area contributed by atoms with Gasteiger partial charge in [-0.05, 0) is 67.3 Å². The van der Waals surface area contributed by atoms with Crippen LogP contribution < -0.4 is 16.0 Å². The molecule has 3 aliphatic rings. The van der Waals surface area contributed by atoms with E-state index in [1.54, 1.807) is 18.2 Å². The molecule has 9 nitrogen and oxygen atoms in total. The minimum Gasteiger partial charge on any atom is -0.392 e. The van der Waals surface area contributed by atoms with Crippen LogP contribution in [0, 0.1) is 5.82 Å². The molecule has 4 aromatic rings. The van der Waals surface area contributed by atoms with E-state index in [-0.39, 0.29) is 29.9 Å². The first kappa shape index (κ1) is 23.8. The number of anilines is 4. The Balaban J connectivity index is 1.22. The van der Waals surface area contributed by atoms with Gasteiger partial charge < -0.3 is 25.6 Å². The number of carbonyl (C=O) groups is 1. The summed E-state index contributed by atoms with van der Waals surface area (Å²) in [6, 6.07) is 11.3. The summed E-state index contributed by atoms with van der Waals surface area (Å²) < 4.78 is 17.3. The normalized spacial score (nSPS) is 16.9. The second-order valence-electron chi connectivity index (χ2n) is 10.5. The van der Waals surface area contributed by atoms with Crippen LogP contribution in [0.25, 0.3) is 11.4 Å². The number of nitrogens with two attached hydrogens (primary N) is 1. The van der Waals surface area contributed by atoms with Crippen LogP contribution >= 0.6 is 0 Å². The molecular formula is C29H28FN7O2. The minimum absolute atomic E-state index is 0.0231. The van der Waals surface area contributed by atoms with Crippen LogP contribution in [0.4, 0.5) is 27.7 Å². The molecule has 0 unspecified atom stereocenters. The van der Waals surface area contributed by atoms with Crippen molar-refractivity contribution >= 4 is 29.2 Å². The molecule has 10 heteroatoms. The standard InChI is InChI=1S/C29H28FN7O2/c30-23-13-18(16-4-5-16)12-17-8-11-37(27(39)25(17)23)24-3-1-2-21(22(24)15-38)26-33-28(31)35-29(34-26)32-19-9-10-36(14-19)20-6-7-20/h1-3,9-10,12-14,16,20,38H,4-8,11,15H2,(H3,31,32,33,34,35). The van der Waals surface area contributed by atoms with Gasteiger partial charge in [-0.15, -0.1) is 0 Å². The van der Waals surface area contributed by atoms with Gasteiger partial charge in [-0.1, -0.05) is 18.2 Å². The summed E-state index contributed by atoms with van der Waals surface area (Å²) in [5.74, 6) is 0.0678. The van der Waals surface area contributed by atoms with Crippen molar-refractivity contribution in [3.63, 3.8) is 0 Å². The van der Waals surface area contributed by atoms with Gasteiger partial charge in [0, 0.05) is 36.1 Å². The van der Waals surface area contributed by atoms with Crippen LogP contribution in [-0.4, -0.2) is 37.1 Å². The highest BCUT2D eigenvalue weighted by Gasteiger charge is 2.33.